The van der Waals surface area contributed by atoms with Crippen LogP contribution >= 0.6 is 0 Å². The Balaban J connectivity index is 1.68. The van der Waals surface area contributed by atoms with Crippen molar-refractivity contribution in [2.45, 2.75) is 69.5 Å². The molecule has 0 bridgehead atoms. The molecular weight excluding hydrogens is 529 g/mol. The van der Waals surface area contributed by atoms with Gasteiger partial charge in [0.05, 0.1) is 10.6 Å². The number of carbonyl (C=O) groups excluding carboxylic acids is 2. The number of sulfonamides is 1. The van der Waals surface area contributed by atoms with Crippen molar-refractivity contribution in [3.8, 4) is 0 Å². The van der Waals surface area contributed by atoms with Crippen molar-refractivity contribution in [3.05, 3.63) is 95.8 Å². The first-order chi connectivity index (χ1) is 19.2. The molecule has 1 aliphatic carbocycles. The number of anilines is 1. The first-order valence-corrected chi connectivity index (χ1v) is 15.1. The molecular formula is C31H36FN3O4S. The minimum Gasteiger partial charge on any atom is -0.352 e. The molecule has 3 aromatic rings. The highest BCUT2D eigenvalue weighted by atomic mass is 32.2. The molecule has 0 aromatic heterocycles. The van der Waals surface area contributed by atoms with Gasteiger partial charge in [0.1, 0.15) is 18.4 Å². The molecule has 0 spiro atoms. The minimum atomic E-state index is -4.23. The second-order valence-corrected chi connectivity index (χ2v) is 12.1. The highest BCUT2D eigenvalue weighted by Crippen LogP contribution is 2.25. The van der Waals surface area contributed by atoms with Gasteiger partial charge in [-0.1, -0.05) is 67.8 Å². The number of halogens is 1. The van der Waals surface area contributed by atoms with E-state index >= 15 is 0 Å². The third-order valence-electron chi connectivity index (χ3n) is 7.29. The molecule has 1 fully saturated rings. The predicted octanol–water partition coefficient (Wildman–Crippen LogP) is 5.20. The summed E-state index contributed by atoms with van der Waals surface area (Å²) in [4.78, 5) is 28.8. The van der Waals surface area contributed by atoms with Gasteiger partial charge in [-0.15, -0.1) is 0 Å². The third kappa shape index (κ3) is 7.07. The molecule has 9 heteroatoms. The first kappa shape index (κ1) is 29.3. The summed E-state index contributed by atoms with van der Waals surface area (Å²) in [6.45, 7) is 3.44. The standard InChI is InChI=1S/C31H36FN3O4S/c1-3-29(31(37)33-26-9-7-8-10-26)34(21-24-15-13-23(2)14-16-24)30(36)22-35(27-11-5-4-6-12-27)40(38,39)28-19-17-25(32)18-20-28/h4-6,11-20,26,29H,3,7-10,21-22H2,1-2H3,(H,33,37)/t29-/m1/s1. The van der Waals surface area contributed by atoms with Crippen LogP contribution in [0.1, 0.15) is 50.2 Å². The van der Waals surface area contributed by atoms with E-state index in [0.717, 1.165) is 53.2 Å². The Kier molecular flexibility index (Phi) is 9.58. The van der Waals surface area contributed by atoms with Gasteiger partial charge in [0.25, 0.3) is 10.0 Å². The minimum absolute atomic E-state index is 0.0811. The van der Waals surface area contributed by atoms with Gasteiger partial charge in [-0.2, -0.15) is 0 Å². The van der Waals surface area contributed by atoms with Gasteiger partial charge in [0.15, 0.2) is 0 Å². The summed E-state index contributed by atoms with van der Waals surface area (Å²) in [5.41, 5.74) is 2.19. The molecule has 0 heterocycles. The third-order valence-corrected chi connectivity index (χ3v) is 9.07. The maximum absolute atomic E-state index is 14.1. The average molecular weight is 566 g/mol. The van der Waals surface area contributed by atoms with Crippen molar-refractivity contribution in [2.24, 2.45) is 0 Å². The van der Waals surface area contributed by atoms with Crippen molar-refractivity contribution < 1.29 is 22.4 Å². The van der Waals surface area contributed by atoms with E-state index in [1.54, 1.807) is 30.3 Å². The van der Waals surface area contributed by atoms with Crippen LogP contribution in [0.5, 0.6) is 0 Å². The fraction of sp³-hybridized carbons (Fsp3) is 0.355. The number of hydrogen-bond donors (Lipinski definition) is 1. The van der Waals surface area contributed by atoms with E-state index in [0.29, 0.717) is 12.1 Å². The Morgan fingerprint density at radius 2 is 1.57 bits per heavy atom. The molecule has 2 amide bonds. The Hall–Kier alpha value is -3.72. The molecule has 1 atom stereocenters. The van der Waals surface area contributed by atoms with Crippen LogP contribution in [0.15, 0.2) is 83.8 Å². The van der Waals surface area contributed by atoms with E-state index in [-0.39, 0.29) is 23.4 Å². The molecule has 1 N–H and O–H groups in total. The number of nitrogens with zero attached hydrogens (tertiary/aromatic N) is 2. The second-order valence-electron chi connectivity index (χ2n) is 10.2. The Morgan fingerprint density at radius 3 is 2.17 bits per heavy atom. The summed E-state index contributed by atoms with van der Waals surface area (Å²) >= 11 is 0. The van der Waals surface area contributed by atoms with Gasteiger partial charge in [0, 0.05) is 12.6 Å². The second kappa shape index (κ2) is 13.1. The lowest BCUT2D eigenvalue weighted by molar-refractivity contribution is -0.140. The van der Waals surface area contributed by atoms with E-state index in [1.165, 1.54) is 17.0 Å². The first-order valence-electron chi connectivity index (χ1n) is 13.7. The van der Waals surface area contributed by atoms with Crippen molar-refractivity contribution >= 4 is 27.5 Å². The Morgan fingerprint density at radius 1 is 0.950 bits per heavy atom. The summed E-state index contributed by atoms with van der Waals surface area (Å²) in [5, 5.41) is 3.11. The van der Waals surface area contributed by atoms with Gasteiger partial charge >= 0.3 is 0 Å². The number of carbonyl (C=O) groups is 2. The SMILES string of the molecule is CC[C@H](C(=O)NC1CCCC1)N(Cc1ccc(C)cc1)C(=O)CN(c1ccccc1)S(=O)(=O)c1ccc(F)cc1. The highest BCUT2D eigenvalue weighted by Gasteiger charge is 2.34. The van der Waals surface area contributed by atoms with Gasteiger partial charge in [-0.05, 0) is 68.1 Å². The number of aryl methyl sites for hydroxylation is 1. The summed E-state index contributed by atoms with van der Waals surface area (Å²) in [7, 11) is -4.23. The average Bonchev–Trinajstić information content (AvgIpc) is 3.46. The van der Waals surface area contributed by atoms with E-state index in [4.69, 9.17) is 0 Å². The zero-order chi connectivity index (χ0) is 28.7. The van der Waals surface area contributed by atoms with Crippen molar-refractivity contribution in [3.63, 3.8) is 0 Å². The van der Waals surface area contributed by atoms with Gasteiger partial charge in [0.2, 0.25) is 11.8 Å². The highest BCUT2D eigenvalue weighted by molar-refractivity contribution is 7.92. The van der Waals surface area contributed by atoms with Crippen LogP contribution in [0.3, 0.4) is 0 Å². The number of hydrogen-bond acceptors (Lipinski definition) is 4. The van der Waals surface area contributed by atoms with Crippen molar-refractivity contribution in [1.29, 1.82) is 0 Å². The van der Waals surface area contributed by atoms with Crippen LogP contribution in [0.2, 0.25) is 0 Å². The van der Waals surface area contributed by atoms with Crippen LogP contribution < -0.4 is 9.62 Å². The molecule has 0 unspecified atom stereocenters. The number of nitrogens with one attached hydrogen (secondary N) is 1. The van der Waals surface area contributed by atoms with E-state index < -0.39 is 34.3 Å². The number of benzene rings is 3. The van der Waals surface area contributed by atoms with Gasteiger partial charge in [-0.3, -0.25) is 13.9 Å². The smallest absolute Gasteiger partial charge is 0.264 e. The topological polar surface area (TPSA) is 86.8 Å². The summed E-state index contributed by atoms with van der Waals surface area (Å²) in [6, 6.07) is 19.8. The van der Waals surface area contributed by atoms with Crippen LogP contribution in [0.25, 0.3) is 0 Å². The molecule has 7 nitrogen and oxygen atoms in total. The fourth-order valence-corrected chi connectivity index (χ4v) is 6.45. The zero-order valence-corrected chi connectivity index (χ0v) is 23.7. The predicted molar refractivity (Wildman–Crippen MR) is 154 cm³/mol. The normalized spacial score (nSPS) is 14.5. The van der Waals surface area contributed by atoms with Gasteiger partial charge in [-0.25, -0.2) is 12.8 Å². The van der Waals surface area contributed by atoms with Crippen LogP contribution in [-0.4, -0.2) is 43.8 Å². The molecule has 212 valence electrons. The lowest BCUT2D eigenvalue weighted by Crippen LogP contribution is -2.53. The number of para-hydroxylation sites is 1. The Labute approximate surface area is 236 Å². The quantitative estimate of drug-likeness (QED) is 0.347. The fourth-order valence-electron chi connectivity index (χ4n) is 5.03. The lowest BCUT2D eigenvalue weighted by Gasteiger charge is -2.33. The summed E-state index contributed by atoms with van der Waals surface area (Å²) in [6.07, 6.45) is 4.30. The lowest BCUT2D eigenvalue weighted by atomic mass is 10.1. The molecule has 4 rings (SSSR count). The van der Waals surface area contributed by atoms with Crippen molar-refractivity contribution in [1.82, 2.24) is 10.2 Å². The summed E-state index contributed by atoms with van der Waals surface area (Å²) in [5.74, 6) is -1.31. The molecule has 0 radical (unpaired) electrons. The maximum Gasteiger partial charge on any atom is 0.264 e. The van der Waals surface area contributed by atoms with Crippen LogP contribution in [-0.2, 0) is 26.2 Å². The molecule has 1 saturated carbocycles. The molecule has 0 aliphatic heterocycles. The van der Waals surface area contributed by atoms with E-state index in [9.17, 15) is 22.4 Å². The largest absolute Gasteiger partial charge is 0.352 e. The number of amides is 2. The van der Waals surface area contributed by atoms with Crippen LogP contribution in [0.4, 0.5) is 10.1 Å². The molecule has 40 heavy (non-hydrogen) atoms. The number of rotatable bonds is 11. The van der Waals surface area contributed by atoms with Crippen LogP contribution in [0, 0.1) is 12.7 Å². The van der Waals surface area contributed by atoms with E-state index in [1.807, 2.05) is 38.1 Å². The van der Waals surface area contributed by atoms with E-state index in [2.05, 4.69) is 5.32 Å². The monoisotopic (exact) mass is 565 g/mol. The van der Waals surface area contributed by atoms with Crippen molar-refractivity contribution in [2.75, 3.05) is 10.8 Å². The molecule has 3 aromatic carbocycles. The van der Waals surface area contributed by atoms with Gasteiger partial charge < -0.3 is 10.2 Å². The molecule has 0 saturated heterocycles. The maximum atomic E-state index is 14.1. The Bertz CT molecular complexity index is 1390. The molecule has 1 aliphatic rings. The summed E-state index contributed by atoms with van der Waals surface area (Å²) < 4.78 is 42.1. The zero-order valence-electron chi connectivity index (χ0n) is 22.9.